The molecule has 0 bridgehead atoms. The fourth-order valence-corrected chi connectivity index (χ4v) is 7.23. The molecule has 2 aromatic rings. The molecule has 0 amide bonds. The van der Waals surface area contributed by atoms with Crippen LogP contribution in [0.3, 0.4) is 0 Å². The molecule has 5 rings (SSSR count). The zero-order valence-corrected chi connectivity index (χ0v) is 24.2. The molecule has 0 N–H and O–H groups in total. The van der Waals surface area contributed by atoms with E-state index in [1.165, 1.54) is 12.7 Å². The smallest absolute Gasteiger partial charge is 0.416 e. The number of esters is 1. The molecule has 4 nitrogen and oxygen atoms in total. The van der Waals surface area contributed by atoms with E-state index in [0.717, 1.165) is 49.8 Å². The second-order valence-corrected chi connectivity index (χ2v) is 12.3. The van der Waals surface area contributed by atoms with Crippen molar-refractivity contribution in [1.82, 2.24) is 4.90 Å². The number of hydrogen-bond donors (Lipinski definition) is 0. The summed E-state index contributed by atoms with van der Waals surface area (Å²) in [4.78, 5) is 16.6. The monoisotopic (exact) mass is 596 g/mol. The first-order valence-electron chi connectivity index (χ1n) is 14.7. The number of rotatable bonds is 7. The number of fused-ring (bicyclic) bond motifs is 1. The van der Waals surface area contributed by atoms with Gasteiger partial charge >= 0.3 is 18.3 Å². The lowest BCUT2D eigenvalue weighted by molar-refractivity contribution is -0.145. The van der Waals surface area contributed by atoms with Crippen molar-refractivity contribution in [2.75, 3.05) is 32.1 Å². The summed E-state index contributed by atoms with van der Waals surface area (Å²) in [6.07, 6.45) is -3.82. The highest BCUT2D eigenvalue weighted by Gasteiger charge is 2.41. The quantitative estimate of drug-likeness (QED) is 0.242. The van der Waals surface area contributed by atoms with Crippen LogP contribution in [0, 0.1) is 17.8 Å². The van der Waals surface area contributed by atoms with Gasteiger partial charge in [0.15, 0.2) is 0 Å². The van der Waals surface area contributed by atoms with Gasteiger partial charge in [-0.15, -0.1) is 0 Å². The number of piperidine rings is 1. The Bertz CT molecular complexity index is 1280. The third-order valence-electron chi connectivity index (χ3n) is 9.63. The first-order valence-corrected chi connectivity index (χ1v) is 14.7. The highest BCUT2D eigenvalue weighted by atomic mass is 19.4. The maximum absolute atomic E-state index is 13.6. The molecule has 0 spiro atoms. The van der Waals surface area contributed by atoms with Gasteiger partial charge in [-0.2, -0.15) is 26.3 Å². The summed E-state index contributed by atoms with van der Waals surface area (Å²) in [6.45, 7) is 2.82. The van der Waals surface area contributed by atoms with E-state index in [9.17, 15) is 31.1 Å². The normalized spacial score (nSPS) is 22.0. The zero-order chi connectivity index (χ0) is 30.4. The van der Waals surface area contributed by atoms with Crippen LogP contribution in [0.15, 0.2) is 36.4 Å². The van der Waals surface area contributed by atoms with Crippen molar-refractivity contribution in [1.29, 1.82) is 0 Å². The van der Waals surface area contributed by atoms with Gasteiger partial charge in [-0.3, -0.25) is 9.69 Å². The highest BCUT2D eigenvalue weighted by molar-refractivity contribution is 5.73. The van der Waals surface area contributed by atoms with Crippen molar-refractivity contribution in [2.45, 2.75) is 76.3 Å². The molecule has 230 valence electrons. The van der Waals surface area contributed by atoms with Crippen LogP contribution in [-0.4, -0.2) is 44.2 Å². The molecule has 1 unspecified atom stereocenters. The molecule has 1 saturated carbocycles. The standard InChI is InChI=1S/C32H38F6N2O2/c1-19(30(41)42-3)29(22-5-6-22)23-7-4-20-8-11-27(39(2)28(20)17-23)21-12-14-40(15-13-21)18-24-16-25(31(33,34)35)9-10-26(24)32(36,37)38/h4,7,9-10,16-17,19,21-22,27,29H,5-6,8,11-15,18H2,1-3H3/t19-,27?,29-/m0/s1. The highest BCUT2D eigenvalue weighted by Crippen LogP contribution is 2.48. The molecule has 1 aliphatic carbocycles. The van der Waals surface area contributed by atoms with Gasteiger partial charge in [-0.25, -0.2) is 0 Å². The summed E-state index contributed by atoms with van der Waals surface area (Å²) in [5.74, 6) is 0.470. The van der Waals surface area contributed by atoms with Crippen LogP contribution in [-0.2, 0) is 34.8 Å². The Labute approximate surface area is 243 Å². The topological polar surface area (TPSA) is 32.8 Å². The molecule has 42 heavy (non-hydrogen) atoms. The summed E-state index contributed by atoms with van der Waals surface area (Å²) >= 11 is 0. The number of methoxy groups -OCH3 is 1. The Morgan fingerprint density at radius 1 is 0.952 bits per heavy atom. The number of nitrogens with zero attached hydrogens (tertiary/aromatic N) is 2. The third-order valence-corrected chi connectivity index (χ3v) is 9.63. The van der Waals surface area contributed by atoms with Crippen molar-refractivity contribution in [3.8, 4) is 0 Å². The van der Waals surface area contributed by atoms with E-state index in [-0.39, 0.29) is 36.0 Å². The Hall–Kier alpha value is -2.75. The van der Waals surface area contributed by atoms with E-state index in [4.69, 9.17) is 4.74 Å². The van der Waals surface area contributed by atoms with Gasteiger partial charge in [0, 0.05) is 25.3 Å². The van der Waals surface area contributed by atoms with E-state index in [1.807, 2.05) is 11.8 Å². The molecule has 3 atom stereocenters. The van der Waals surface area contributed by atoms with Crippen LogP contribution in [0.25, 0.3) is 0 Å². The maximum atomic E-state index is 13.6. The van der Waals surface area contributed by atoms with Gasteiger partial charge in [0.2, 0.25) is 0 Å². The van der Waals surface area contributed by atoms with E-state index >= 15 is 0 Å². The number of halogens is 6. The minimum atomic E-state index is -4.72. The van der Waals surface area contributed by atoms with Crippen LogP contribution in [0.1, 0.15) is 72.8 Å². The lowest BCUT2D eigenvalue weighted by Crippen LogP contribution is -2.46. The van der Waals surface area contributed by atoms with Gasteiger partial charge in [0.05, 0.1) is 24.2 Å². The van der Waals surface area contributed by atoms with Gasteiger partial charge in [0.25, 0.3) is 0 Å². The van der Waals surface area contributed by atoms with Crippen LogP contribution >= 0.6 is 0 Å². The Morgan fingerprint density at radius 2 is 1.64 bits per heavy atom. The molecular formula is C32H38F6N2O2. The molecule has 10 heteroatoms. The van der Waals surface area contributed by atoms with Gasteiger partial charge in [0.1, 0.15) is 0 Å². The van der Waals surface area contributed by atoms with Crippen molar-refractivity contribution in [2.24, 2.45) is 17.8 Å². The molecule has 0 radical (unpaired) electrons. The van der Waals surface area contributed by atoms with Crippen LogP contribution in [0.2, 0.25) is 0 Å². The fraction of sp³-hybridized carbons (Fsp3) is 0.594. The molecule has 0 aromatic heterocycles. The predicted octanol–water partition coefficient (Wildman–Crippen LogP) is 7.69. The molecule has 2 fully saturated rings. The van der Waals surface area contributed by atoms with Gasteiger partial charge < -0.3 is 9.64 Å². The zero-order valence-electron chi connectivity index (χ0n) is 24.2. The molecule has 2 aliphatic heterocycles. The van der Waals surface area contributed by atoms with Crippen molar-refractivity contribution in [3.63, 3.8) is 0 Å². The van der Waals surface area contributed by atoms with Crippen molar-refractivity contribution >= 4 is 11.7 Å². The fourth-order valence-electron chi connectivity index (χ4n) is 7.23. The van der Waals surface area contributed by atoms with Crippen LogP contribution < -0.4 is 4.90 Å². The molecule has 2 aromatic carbocycles. The first kappa shape index (κ1) is 30.7. The minimum absolute atomic E-state index is 0.109. The number of alkyl halides is 6. The number of ether oxygens (including phenoxy) is 1. The molecule has 1 saturated heterocycles. The van der Waals surface area contributed by atoms with E-state index < -0.39 is 23.5 Å². The maximum Gasteiger partial charge on any atom is 0.416 e. The summed E-state index contributed by atoms with van der Waals surface area (Å²) in [6, 6.07) is 8.51. The minimum Gasteiger partial charge on any atom is -0.469 e. The average molecular weight is 597 g/mol. The number of anilines is 1. The van der Waals surface area contributed by atoms with Crippen LogP contribution in [0.4, 0.5) is 32.0 Å². The SMILES string of the molecule is COC(=O)[C@@H](C)[C@H](c1ccc2c(c1)N(C)C(C1CCN(Cc3cc(C(F)(F)F)ccc3C(F)(F)F)CC1)CC2)C1CC1. The Kier molecular flexibility index (Phi) is 8.58. The van der Waals surface area contributed by atoms with Gasteiger partial charge in [-0.1, -0.05) is 19.1 Å². The number of likely N-dealkylation sites (tertiary alicyclic amines) is 1. The first-order chi connectivity index (χ1) is 19.8. The predicted molar refractivity (Wildman–Crippen MR) is 148 cm³/mol. The Morgan fingerprint density at radius 3 is 2.24 bits per heavy atom. The lowest BCUT2D eigenvalue weighted by Gasteiger charge is -2.44. The number of hydrogen-bond acceptors (Lipinski definition) is 4. The second-order valence-electron chi connectivity index (χ2n) is 12.3. The summed E-state index contributed by atoms with van der Waals surface area (Å²) < 4.78 is 85.6. The van der Waals surface area contributed by atoms with Crippen molar-refractivity contribution < 1.29 is 35.9 Å². The lowest BCUT2D eigenvalue weighted by atomic mass is 9.79. The summed E-state index contributed by atoms with van der Waals surface area (Å²) in [5.41, 5.74) is 1.17. The van der Waals surface area contributed by atoms with Crippen molar-refractivity contribution in [3.05, 3.63) is 64.2 Å². The molecule has 3 aliphatic rings. The number of aryl methyl sites for hydroxylation is 1. The molecular weight excluding hydrogens is 558 g/mol. The average Bonchev–Trinajstić information content (AvgIpc) is 3.78. The van der Waals surface area contributed by atoms with E-state index in [2.05, 4.69) is 30.1 Å². The number of benzene rings is 2. The summed E-state index contributed by atoms with van der Waals surface area (Å²) in [5, 5.41) is 0. The van der Waals surface area contributed by atoms with Crippen LogP contribution in [0.5, 0.6) is 0 Å². The number of carbonyl (C=O) groups excluding carboxylic acids is 1. The van der Waals surface area contributed by atoms with Gasteiger partial charge in [-0.05, 0) is 110 Å². The third kappa shape index (κ3) is 6.43. The number of carbonyl (C=O) groups is 1. The van der Waals surface area contributed by atoms with E-state index in [1.54, 1.807) is 0 Å². The Balaban J connectivity index is 1.28. The van der Waals surface area contributed by atoms with E-state index in [0.29, 0.717) is 43.1 Å². The summed E-state index contributed by atoms with van der Waals surface area (Å²) in [7, 11) is 3.51. The second kappa shape index (κ2) is 11.7. The molecule has 2 heterocycles. The largest absolute Gasteiger partial charge is 0.469 e.